The minimum Gasteiger partial charge on any atom is -0.369 e. The molecule has 0 N–H and O–H groups in total. The Bertz CT molecular complexity index is 2200. The largest absolute Gasteiger partial charge is 0.369 e. The number of hydrogen-bond acceptors (Lipinski definition) is 14. The Morgan fingerprint density at radius 2 is 0.814 bits per heavy atom. The highest BCUT2D eigenvalue weighted by molar-refractivity contribution is 5.82. The molecule has 1 aromatic carbocycles. The summed E-state index contributed by atoms with van der Waals surface area (Å²) >= 11 is 0. The van der Waals surface area contributed by atoms with Gasteiger partial charge < -0.3 is 67.5 Å². The molecule has 1 aromatic rings. The summed E-state index contributed by atoms with van der Waals surface area (Å²) in [5.41, 5.74) is 0.825. The first-order chi connectivity index (χ1) is 44.9. The molecule has 0 saturated heterocycles. The predicted octanol–water partition coefficient (Wildman–Crippen LogP) is 12.5. The standard InChI is InChI=1S/C13H25NO2.C13H19NO2.C13H27NO2.C11H21NO2.C10H21NO2.C9H19NO2.C7H15NO2/c2*1-10(12-8-6-5-7-9-12)16-11(2)13(15)14(3)4;1-6-8-9-12(7-2)10-16-11(3)13(15)14(4)5;1-9(11(13)12(2)3)14-10-7-5-4-6-8-10;1-8(2)6-7-13-9(3)10(12)11(4)5;1-7(8(11)10(5)6)12-9(2,3)4;1-5-10-6(2)7(9)8(3)4/h10-12H,5-9H2,1-4H3;5-11H,1-4H3;11-12H,6-10H2,1-5H3;9-10H,4-8H2,1-3H3;8-9H,6-7H2,1-5H3;7H,1-6H3;6H,5H2,1-4H3. The Kier molecular flexibility index (Phi) is 56.9. The lowest BCUT2D eigenvalue weighted by molar-refractivity contribution is -0.148. The second kappa shape index (κ2) is 55.9. The maximum Gasteiger partial charge on any atom is 0.250 e. The van der Waals surface area contributed by atoms with Crippen LogP contribution in [0.2, 0.25) is 0 Å². The maximum atomic E-state index is 11.7. The quantitative estimate of drug-likeness (QED) is 0.0731. The molecule has 0 aliphatic heterocycles. The molecule has 97 heavy (non-hydrogen) atoms. The first-order valence-corrected chi connectivity index (χ1v) is 36.0. The minimum absolute atomic E-state index is 0.00456. The SMILES string of the molecule is CC(C)CCOC(C)C(=O)N(C)C.CC(OC(C)(C)C)C(=O)N(C)C.CC(OC(C)C1CCCCC1)C(=O)N(C)C.CC(OC(C)c1ccccc1)C(=O)N(C)C.CC(OC1CCCCC1)C(=O)N(C)C.CCCCC(CC)COC(C)C(=O)N(C)C.CCOC(C)C(=O)N(C)C. The van der Waals surface area contributed by atoms with Crippen LogP contribution in [0.5, 0.6) is 0 Å². The van der Waals surface area contributed by atoms with E-state index in [1.807, 2.05) is 85.7 Å². The molecule has 2 aliphatic carbocycles. The van der Waals surface area contributed by atoms with Gasteiger partial charge in [-0.1, -0.05) is 116 Å². The zero-order valence-electron chi connectivity index (χ0n) is 67.5. The van der Waals surface area contributed by atoms with Gasteiger partial charge in [0.1, 0.15) is 42.7 Å². The summed E-state index contributed by atoms with van der Waals surface area (Å²) in [5, 5.41) is 0. The topological polar surface area (TPSA) is 207 Å². The number of amides is 7. The number of ether oxygens (including phenoxy) is 7. The van der Waals surface area contributed by atoms with Crippen molar-refractivity contribution in [2.45, 2.75) is 281 Å². The van der Waals surface area contributed by atoms with Gasteiger partial charge in [-0.2, -0.15) is 0 Å². The van der Waals surface area contributed by atoms with Crippen molar-refractivity contribution in [2.75, 3.05) is 118 Å². The summed E-state index contributed by atoms with van der Waals surface area (Å²) in [6, 6.07) is 9.89. The van der Waals surface area contributed by atoms with Crippen molar-refractivity contribution in [1.82, 2.24) is 34.3 Å². The van der Waals surface area contributed by atoms with E-state index < -0.39 is 6.10 Å². The highest BCUT2D eigenvalue weighted by atomic mass is 16.5. The number of carbonyl (C=O) groups excluding carboxylic acids is 7. The third-order valence-corrected chi connectivity index (χ3v) is 16.0. The molecule has 2 fully saturated rings. The Labute approximate surface area is 592 Å². The fourth-order valence-electron chi connectivity index (χ4n) is 10.1. The van der Waals surface area contributed by atoms with E-state index in [2.05, 4.69) is 34.6 Å². The fourth-order valence-corrected chi connectivity index (χ4v) is 10.1. The zero-order valence-corrected chi connectivity index (χ0v) is 67.5. The third kappa shape index (κ3) is 50.2. The van der Waals surface area contributed by atoms with Gasteiger partial charge in [0.15, 0.2) is 0 Å². The molecule has 21 nitrogen and oxygen atoms in total. The number of rotatable bonds is 29. The first-order valence-electron chi connectivity index (χ1n) is 36.0. The van der Waals surface area contributed by atoms with E-state index in [9.17, 15) is 33.6 Å². The van der Waals surface area contributed by atoms with Gasteiger partial charge in [0.25, 0.3) is 41.4 Å². The van der Waals surface area contributed by atoms with E-state index in [4.69, 9.17) is 33.2 Å². The number of unbranched alkanes of at least 4 members (excludes halogenated alkanes) is 1. The van der Waals surface area contributed by atoms with E-state index in [-0.39, 0.29) is 95.8 Å². The normalized spacial score (nSPS) is 16.1. The van der Waals surface area contributed by atoms with Crippen LogP contribution in [0.1, 0.15) is 226 Å². The molecule has 3 rings (SSSR count). The molecular weight excluding hydrogens is 1230 g/mol. The van der Waals surface area contributed by atoms with E-state index in [1.54, 1.807) is 151 Å². The monoisotopic (exact) mass is 1380 g/mol. The Balaban J connectivity index is -0.000000523. The van der Waals surface area contributed by atoms with Crippen molar-refractivity contribution in [3.63, 3.8) is 0 Å². The summed E-state index contributed by atoms with van der Waals surface area (Å²) in [6.45, 7) is 35.0. The van der Waals surface area contributed by atoms with Crippen molar-refractivity contribution in [1.29, 1.82) is 0 Å². The van der Waals surface area contributed by atoms with Gasteiger partial charge in [0.2, 0.25) is 0 Å². The highest BCUT2D eigenvalue weighted by Crippen LogP contribution is 2.29. The predicted molar refractivity (Wildman–Crippen MR) is 395 cm³/mol. The van der Waals surface area contributed by atoms with Crippen molar-refractivity contribution < 1.29 is 66.7 Å². The summed E-state index contributed by atoms with van der Waals surface area (Å²) < 4.78 is 38.8. The van der Waals surface area contributed by atoms with Crippen molar-refractivity contribution >= 4 is 41.4 Å². The second-order valence-corrected chi connectivity index (χ2v) is 28.4. The minimum atomic E-state index is -0.412. The van der Waals surface area contributed by atoms with Crippen molar-refractivity contribution in [3.8, 4) is 0 Å². The molecular formula is C76H147N7O14. The summed E-state index contributed by atoms with van der Waals surface area (Å²) in [4.78, 5) is 91.0. The second-order valence-electron chi connectivity index (χ2n) is 28.4. The molecule has 0 radical (unpaired) electrons. The van der Waals surface area contributed by atoms with Gasteiger partial charge in [-0.25, -0.2) is 0 Å². The molecule has 10 unspecified atom stereocenters. The molecule has 2 aliphatic rings. The van der Waals surface area contributed by atoms with Gasteiger partial charge in [-0.3, -0.25) is 33.6 Å². The number of benzene rings is 1. The van der Waals surface area contributed by atoms with Gasteiger partial charge >= 0.3 is 0 Å². The van der Waals surface area contributed by atoms with Crippen LogP contribution in [0, 0.1) is 17.8 Å². The number of carbonyl (C=O) groups is 7. The number of nitrogens with zero attached hydrogens (tertiary/aromatic N) is 7. The van der Waals surface area contributed by atoms with Crippen LogP contribution in [-0.4, -0.2) is 255 Å². The lowest BCUT2D eigenvalue weighted by Crippen LogP contribution is -2.38. The number of likely N-dealkylation sites (N-methyl/N-ethyl adjacent to an activating group) is 7. The smallest absolute Gasteiger partial charge is 0.250 e. The molecule has 7 amide bonds. The van der Waals surface area contributed by atoms with Crippen LogP contribution in [0.4, 0.5) is 0 Å². The van der Waals surface area contributed by atoms with E-state index in [1.165, 1.54) is 80.4 Å². The summed E-state index contributed by atoms with van der Waals surface area (Å²) in [5.74, 6) is 2.08. The lowest BCUT2D eigenvalue weighted by atomic mass is 9.86. The first kappa shape index (κ1) is 98.6. The van der Waals surface area contributed by atoms with Gasteiger partial charge in [0.05, 0.1) is 30.5 Å². The Morgan fingerprint density at radius 1 is 0.443 bits per heavy atom. The molecule has 0 bridgehead atoms. The van der Waals surface area contributed by atoms with Crippen molar-refractivity contribution in [3.05, 3.63) is 35.9 Å². The van der Waals surface area contributed by atoms with Crippen LogP contribution in [-0.2, 0) is 66.7 Å². The van der Waals surface area contributed by atoms with E-state index >= 15 is 0 Å². The van der Waals surface area contributed by atoms with Gasteiger partial charge in [0, 0.05) is 112 Å². The number of hydrogen-bond donors (Lipinski definition) is 0. The maximum absolute atomic E-state index is 11.7. The molecule has 21 heteroatoms. The molecule has 0 heterocycles. The molecule has 10 atom stereocenters. The summed E-state index contributed by atoms with van der Waals surface area (Å²) in [6.07, 6.45) is 16.5. The summed E-state index contributed by atoms with van der Waals surface area (Å²) in [7, 11) is 24.4. The van der Waals surface area contributed by atoms with E-state index in [0.717, 1.165) is 31.2 Å². The Hall–Kier alpha value is -4.77. The third-order valence-electron chi connectivity index (χ3n) is 16.0. The van der Waals surface area contributed by atoms with E-state index in [0.29, 0.717) is 43.7 Å². The Morgan fingerprint density at radius 3 is 1.20 bits per heavy atom. The molecule has 0 spiro atoms. The van der Waals surface area contributed by atoms with Crippen LogP contribution in [0.25, 0.3) is 0 Å². The lowest BCUT2D eigenvalue weighted by Gasteiger charge is -2.30. The van der Waals surface area contributed by atoms with Crippen LogP contribution in [0.3, 0.4) is 0 Å². The highest BCUT2D eigenvalue weighted by Gasteiger charge is 2.27. The van der Waals surface area contributed by atoms with Gasteiger partial charge in [-0.15, -0.1) is 0 Å². The molecule has 0 aromatic heterocycles. The van der Waals surface area contributed by atoms with Gasteiger partial charge in [-0.05, 0) is 152 Å². The average molecular weight is 1380 g/mol. The molecule has 2 saturated carbocycles. The van der Waals surface area contributed by atoms with Crippen molar-refractivity contribution in [2.24, 2.45) is 17.8 Å². The van der Waals surface area contributed by atoms with Crippen LogP contribution >= 0.6 is 0 Å². The fraction of sp³-hybridized carbons (Fsp3) is 0.829. The van der Waals surface area contributed by atoms with Crippen LogP contribution < -0.4 is 0 Å². The average Bonchev–Trinajstić information content (AvgIpc) is 1.23. The zero-order chi connectivity index (χ0) is 75.9. The molecule has 570 valence electrons. The van der Waals surface area contributed by atoms with Crippen LogP contribution in [0.15, 0.2) is 30.3 Å².